The van der Waals surface area contributed by atoms with Gasteiger partial charge >= 0.3 is 0 Å². The number of hydrogen-bond acceptors (Lipinski definition) is 1. The molecule has 0 saturated carbocycles. The summed E-state index contributed by atoms with van der Waals surface area (Å²) >= 11 is 0. The third-order valence-corrected chi connectivity index (χ3v) is 5.49. The molecule has 0 amide bonds. The first-order valence-corrected chi connectivity index (χ1v) is 10.0. The van der Waals surface area contributed by atoms with Crippen molar-refractivity contribution in [3.63, 3.8) is 0 Å². The molecule has 0 fully saturated rings. The molecule has 1 aromatic carbocycles. The van der Waals surface area contributed by atoms with Crippen LogP contribution in [0.5, 0.6) is 0 Å². The maximum Gasteiger partial charge on any atom is 0.0762 e. The maximum atomic E-state index is 4.98. The van der Waals surface area contributed by atoms with Crippen LogP contribution in [0.4, 0.5) is 0 Å². The molecule has 1 aromatic heterocycles. The summed E-state index contributed by atoms with van der Waals surface area (Å²) in [6.45, 7) is 7.03. The third kappa shape index (κ3) is 4.62. The van der Waals surface area contributed by atoms with Gasteiger partial charge in [0.15, 0.2) is 0 Å². The fourth-order valence-corrected chi connectivity index (χ4v) is 3.91. The second kappa shape index (κ2) is 9.25. The standard InChI is InChI=1S/C22H36N2/c1-5-7-9-13-17-22(3,18-14-10-8-6-2)21-19-15-11-12-16-20(19)24(4)23-21/h11-12,15-16H,5-10,13-14,17-18H2,1-4H3. The summed E-state index contributed by atoms with van der Waals surface area (Å²) < 4.78 is 2.07. The molecule has 0 radical (unpaired) electrons. The number of rotatable bonds is 11. The van der Waals surface area contributed by atoms with Crippen LogP contribution in [-0.4, -0.2) is 9.78 Å². The van der Waals surface area contributed by atoms with Crippen molar-refractivity contribution in [3.05, 3.63) is 30.0 Å². The van der Waals surface area contributed by atoms with Crippen LogP contribution in [0.1, 0.15) is 90.7 Å². The second-order valence-corrected chi connectivity index (χ2v) is 7.67. The van der Waals surface area contributed by atoms with Crippen LogP contribution in [0.15, 0.2) is 24.3 Å². The molecule has 0 aliphatic carbocycles. The maximum absolute atomic E-state index is 4.98. The van der Waals surface area contributed by atoms with Crippen molar-refractivity contribution in [2.24, 2.45) is 7.05 Å². The van der Waals surface area contributed by atoms with Crippen molar-refractivity contribution < 1.29 is 0 Å². The third-order valence-electron chi connectivity index (χ3n) is 5.49. The fourth-order valence-electron chi connectivity index (χ4n) is 3.91. The molecule has 2 aromatic rings. The summed E-state index contributed by atoms with van der Waals surface area (Å²) in [4.78, 5) is 0. The summed E-state index contributed by atoms with van der Waals surface area (Å²) in [7, 11) is 2.08. The average Bonchev–Trinajstić information content (AvgIpc) is 2.94. The smallest absolute Gasteiger partial charge is 0.0762 e. The molecule has 24 heavy (non-hydrogen) atoms. The first-order valence-electron chi connectivity index (χ1n) is 10.0. The Morgan fingerprint density at radius 2 is 1.46 bits per heavy atom. The number of para-hydroxylation sites is 1. The molecular weight excluding hydrogens is 292 g/mol. The van der Waals surface area contributed by atoms with E-state index in [9.17, 15) is 0 Å². The van der Waals surface area contributed by atoms with Crippen LogP contribution in [0.25, 0.3) is 10.9 Å². The zero-order valence-corrected chi connectivity index (χ0v) is 16.3. The summed E-state index contributed by atoms with van der Waals surface area (Å²) in [5.41, 5.74) is 2.80. The molecule has 0 N–H and O–H groups in total. The first kappa shape index (κ1) is 19.0. The summed E-state index contributed by atoms with van der Waals surface area (Å²) in [5.74, 6) is 0. The highest BCUT2D eigenvalue weighted by Crippen LogP contribution is 2.38. The summed E-state index contributed by atoms with van der Waals surface area (Å²) in [5, 5.41) is 6.33. The number of aryl methyl sites for hydroxylation is 1. The van der Waals surface area contributed by atoms with Gasteiger partial charge in [0.1, 0.15) is 0 Å². The second-order valence-electron chi connectivity index (χ2n) is 7.67. The van der Waals surface area contributed by atoms with E-state index in [0.29, 0.717) is 0 Å². The molecule has 0 aliphatic heterocycles. The molecule has 0 unspecified atom stereocenters. The van der Waals surface area contributed by atoms with Crippen LogP contribution in [-0.2, 0) is 12.5 Å². The lowest BCUT2D eigenvalue weighted by atomic mass is 9.76. The van der Waals surface area contributed by atoms with Gasteiger partial charge in [-0.2, -0.15) is 5.10 Å². The molecule has 0 atom stereocenters. The Hall–Kier alpha value is -1.31. The number of unbranched alkanes of at least 4 members (excludes halogenated alkanes) is 6. The molecule has 0 saturated heterocycles. The van der Waals surface area contributed by atoms with Gasteiger partial charge in [0.25, 0.3) is 0 Å². The molecule has 0 aliphatic rings. The predicted octanol–water partition coefficient (Wildman–Crippen LogP) is 6.77. The molecule has 0 spiro atoms. The van der Waals surface area contributed by atoms with E-state index < -0.39 is 0 Å². The molecule has 0 bridgehead atoms. The van der Waals surface area contributed by atoms with Crippen molar-refractivity contribution in [1.29, 1.82) is 0 Å². The molecule has 1 heterocycles. The van der Waals surface area contributed by atoms with Crippen molar-refractivity contribution in [1.82, 2.24) is 9.78 Å². The van der Waals surface area contributed by atoms with Crippen LogP contribution in [0, 0.1) is 0 Å². The van der Waals surface area contributed by atoms with Gasteiger partial charge in [-0.25, -0.2) is 0 Å². The molecule has 2 rings (SSSR count). The van der Waals surface area contributed by atoms with Gasteiger partial charge in [0.2, 0.25) is 0 Å². The largest absolute Gasteiger partial charge is 0.268 e. The van der Waals surface area contributed by atoms with Crippen LogP contribution < -0.4 is 0 Å². The van der Waals surface area contributed by atoms with Gasteiger partial charge in [-0.1, -0.05) is 90.3 Å². The van der Waals surface area contributed by atoms with E-state index in [1.54, 1.807) is 0 Å². The van der Waals surface area contributed by atoms with E-state index in [1.807, 2.05) is 0 Å². The highest BCUT2D eigenvalue weighted by Gasteiger charge is 2.30. The van der Waals surface area contributed by atoms with Gasteiger partial charge in [-0.3, -0.25) is 4.68 Å². The van der Waals surface area contributed by atoms with E-state index in [4.69, 9.17) is 5.10 Å². The number of fused-ring (bicyclic) bond motifs is 1. The SMILES string of the molecule is CCCCCCC(C)(CCCCCC)c1nn(C)c2ccccc12. The Kier molecular flexibility index (Phi) is 7.33. The zero-order valence-electron chi connectivity index (χ0n) is 16.3. The number of nitrogens with zero attached hydrogens (tertiary/aromatic N) is 2. The first-order chi connectivity index (χ1) is 11.6. The number of hydrogen-bond donors (Lipinski definition) is 0. The lowest BCUT2D eigenvalue weighted by molar-refractivity contribution is 0.355. The monoisotopic (exact) mass is 328 g/mol. The van der Waals surface area contributed by atoms with Crippen molar-refractivity contribution in [2.75, 3.05) is 0 Å². The predicted molar refractivity (Wildman–Crippen MR) is 106 cm³/mol. The Morgan fingerprint density at radius 1 is 0.875 bits per heavy atom. The highest BCUT2D eigenvalue weighted by atomic mass is 15.3. The number of benzene rings is 1. The quantitative estimate of drug-likeness (QED) is 0.416. The topological polar surface area (TPSA) is 17.8 Å². The van der Waals surface area contributed by atoms with E-state index in [-0.39, 0.29) is 5.41 Å². The van der Waals surface area contributed by atoms with Crippen LogP contribution >= 0.6 is 0 Å². The highest BCUT2D eigenvalue weighted by molar-refractivity contribution is 5.82. The lowest BCUT2D eigenvalue weighted by Crippen LogP contribution is -2.23. The van der Waals surface area contributed by atoms with Crippen LogP contribution in [0.2, 0.25) is 0 Å². The Morgan fingerprint density at radius 3 is 2.04 bits per heavy atom. The minimum absolute atomic E-state index is 0.211. The Bertz CT molecular complexity index is 599. The van der Waals surface area contributed by atoms with Gasteiger partial charge in [0, 0.05) is 17.8 Å². The lowest BCUT2D eigenvalue weighted by Gasteiger charge is -2.28. The minimum atomic E-state index is 0.211. The van der Waals surface area contributed by atoms with E-state index in [1.165, 1.54) is 80.8 Å². The average molecular weight is 329 g/mol. The van der Waals surface area contributed by atoms with E-state index >= 15 is 0 Å². The minimum Gasteiger partial charge on any atom is -0.268 e. The van der Waals surface area contributed by atoms with Gasteiger partial charge in [-0.15, -0.1) is 0 Å². The molecule has 2 nitrogen and oxygen atoms in total. The number of aromatic nitrogens is 2. The molecule has 134 valence electrons. The fraction of sp³-hybridized carbons (Fsp3) is 0.682. The molecular formula is C22H36N2. The van der Waals surface area contributed by atoms with Gasteiger partial charge in [-0.05, 0) is 18.9 Å². The zero-order chi connectivity index (χ0) is 17.4. The van der Waals surface area contributed by atoms with Gasteiger partial charge < -0.3 is 0 Å². The Balaban J connectivity index is 2.22. The van der Waals surface area contributed by atoms with Crippen molar-refractivity contribution in [3.8, 4) is 0 Å². The summed E-state index contributed by atoms with van der Waals surface area (Å²) in [6, 6.07) is 8.73. The summed E-state index contributed by atoms with van der Waals surface area (Å²) in [6.07, 6.45) is 13.2. The van der Waals surface area contributed by atoms with Gasteiger partial charge in [0.05, 0.1) is 11.2 Å². The van der Waals surface area contributed by atoms with Crippen molar-refractivity contribution >= 4 is 10.9 Å². The Labute approximate surface area is 148 Å². The van der Waals surface area contributed by atoms with E-state index in [0.717, 1.165) is 0 Å². The normalized spacial score (nSPS) is 12.2. The van der Waals surface area contributed by atoms with E-state index in [2.05, 4.69) is 56.8 Å². The molecule has 2 heteroatoms. The van der Waals surface area contributed by atoms with Crippen molar-refractivity contribution in [2.45, 2.75) is 90.4 Å². The van der Waals surface area contributed by atoms with Crippen LogP contribution in [0.3, 0.4) is 0 Å².